The molecule has 0 aliphatic carbocycles. The number of nitrogen functional groups attached to an aromatic ring is 1. The first kappa shape index (κ1) is 17.4. The molecule has 5 heteroatoms. The molecule has 2 heterocycles. The van der Waals surface area contributed by atoms with Gasteiger partial charge in [-0.2, -0.15) is 0 Å². The summed E-state index contributed by atoms with van der Waals surface area (Å²) in [7, 11) is 0. The van der Waals surface area contributed by atoms with E-state index in [1.54, 1.807) is 18.3 Å². The van der Waals surface area contributed by atoms with E-state index in [1.165, 1.54) is 17.5 Å². The number of hydrogen-bond acceptors (Lipinski definition) is 4. The van der Waals surface area contributed by atoms with Gasteiger partial charge in [0.25, 0.3) is 5.91 Å². The Morgan fingerprint density at radius 1 is 1.36 bits per heavy atom. The van der Waals surface area contributed by atoms with Crippen LogP contribution in [0.15, 0.2) is 42.6 Å². The van der Waals surface area contributed by atoms with Crippen LogP contribution in [0.25, 0.3) is 0 Å². The standard InChI is InChI=1S/C20H26N4O/c1-15-4-2-5-16(10-15)13-24-9-3-6-17(14-24)12-23-20(25)19-11-18(21)7-8-22-19/h2,4-5,7-8,10-11,17H,3,6,9,12-14H2,1H3,(H2,21,22)(H,23,25). The Bertz CT molecular complexity index is 731. The van der Waals surface area contributed by atoms with Gasteiger partial charge >= 0.3 is 0 Å². The molecule has 5 nitrogen and oxygen atoms in total. The molecule has 0 saturated carbocycles. The minimum Gasteiger partial charge on any atom is -0.399 e. The van der Waals surface area contributed by atoms with Gasteiger partial charge in [-0.1, -0.05) is 29.8 Å². The second-order valence-electron chi connectivity index (χ2n) is 6.92. The zero-order valence-electron chi connectivity index (χ0n) is 14.7. The van der Waals surface area contributed by atoms with Crippen LogP contribution in [0.4, 0.5) is 5.69 Å². The van der Waals surface area contributed by atoms with Crippen LogP contribution in [-0.4, -0.2) is 35.4 Å². The number of aryl methyl sites for hydroxylation is 1. The molecule has 0 bridgehead atoms. The minimum absolute atomic E-state index is 0.150. The predicted molar refractivity (Wildman–Crippen MR) is 100 cm³/mol. The molecule has 1 unspecified atom stereocenters. The van der Waals surface area contributed by atoms with Gasteiger partial charge in [-0.05, 0) is 49.9 Å². The number of nitrogens with one attached hydrogen (secondary N) is 1. The van der Waals surface area contributed by atoms with Crippen molar-refractivity contribution in [3.8, 4) is 0 Å². The molecule has 3 N–H and O–H groups in total. The molecular weight excluding hydrogens is 312 g/mol. The summed E-state index contributed by atoms with van der Waals surface area (Å²) in [5.41, 5.74) is 9.30. The molecule has 1 atom stereocenters. The van der Waals surface area contributed by atoms with E-state index in [0.29, 0.717) is 23.8 Å². The van der Waals surface area contributed by atoms with E-state index in [0.717, 1.165) is 26.1 Å². The van der Waals surface area contributed by atoms with E-state index in [-0.39, 0.29) is 5.91 Å². The van der Waals surface area contributed by atoms with Crippen LogP contribution >= 0.6 is 0 Å². The Kier molecular flexibility index (Phi) is 5.66. The lowest BCUT2D eigenvalue weighted by Gasteiger charge is -2.32. The SMILES string of the molecule is Cc1cccc(CN2CCCC(CNC(=O)c3cc(N)ccn3)C2)c1. The van der Waals surface area contributed by atoms with Crippen molar-refractivity contribution >= 4 is 11.6 Å². The monoisotopic (exact) mass is 338 g/mol. The molecule has 1 amide bonds. The Morgan fingerprint density at radius 3 is 3.04 bits per heavy atom. The number of benzene rings is 1. The van der Waals surface area contributed by atoms with Gasteiger partial charge in [0.05, 0.1) is 0 Å². The van der Waals surface area contributed by atoms with E-state index in [9.17, 15) is 4.79 Å². The summed E-state index contributed by atoms with van der Waals surface area (Å²) < 4.78 is 0. The molecule has 2 aromatic rings. The van der Waals surface area contributed by atoms with Crippen LogP contribution < -0.4 is 11.1 Å². The molecular formula is C20H26N4O. The van der Waals surface area contributed by atoms with Crippen LogP contribution in [-0.2, 0) is 6.54 Å². The predicted octanol–water partition coefficient (Wildman–Crippen LogP) is 2.61. The van der Waals surface area contributed by atoms with Crippen molar-refractivity contribution in [3.63, 3.8) is 0 Å². The Hall–Kier alpha value is -2.40. The number of hydrogen-bond donors (Lipinski definition) is 2. The first-order chi connectivity index (χ1) is 12.1. The highest BCUT2D eigenvalue weighted by Gasteiger charge is 2.21. The van der Waals surface area contributed by atoms with Crippen LogP contribution in [0.5, 0.6) is 0 Å². The van der Waals surface area contributed by atoms with Crippen LogP contribution in [0, 0.1) is 12.8 Å². The summed E-state index contributed by atoms with van der Waals surface area (Å²) in [6.45, 7) is 5.92. The maximum absolute atomic E-state index is 12.2. The highest BCUT2D eigenvalue weighted by atomic mass is 16.1. The summed E-state index contributed by atoms with van der Waals surface area (Å²) in [5.74, 6) is 0.326. The van der Waals surface area contributed by atoms with E-state index >= 15 is 0 Å². The first-order valence-corrected chi connectivity index (χ1v) is 8.88. The summed E-state index contributed by atoms with van der Waals surface area (Å²) in [5, 5.41) is 3.01. The number of aromatic nitrogens is 1. The largest absolute Gasteiger partial charge is 0.399 e. The molecule has 1 saturated heterocycles. The van der Waals surface area contributed by atoms with Gasteiger partial charge in [0, 0.05) is 31.5 Å². The number of likely N-dealkylation sites (tertiary alicyclic amines) is 1. The van der Waals surface area contributed by atoms with Crippen LogP contribution in [0.3, 0.4) is 0 Å². The average molecular weight is 338 g/mol. The molecule has 1 aliphatic rings. The number of piperidine rings is 1. The Labute approximate surface area is 149 Å². The third-order valence-electron chi connectivity index (χ3n) is 4.66. The highest BCUT2D eigenvalue weighted by molar-refractivity contribution is 5.92. The maximum Gasteiger partial charge on any atom is 0.269 e. The fraction of sp³-hybridized carbons (Fsp3) is 0.400. The number of rotatable bonds is 5. The lowest BCUT2D eigenvalue weighted by molar-refractivity contribution is 0.0925. The van der Waals surface area contributed by atoms with E-state index in [4.69, 9.17) is 5.73 Å². The maximum atomic E-state index is 12.2. The molecule has 0 radical (unpaired) electrons. The van der Waals surface area contributed by atoms with Gasteiger partial charge in [-0.3, -0.25) is 14.7 Å². The van der Waals surface area contributed by atoms with Gasteiger partial charge in [0.15, 0.2) is 0 Å². The van der Waals surface area contributed by atoms with Crippen molar-refractivity contribution in [1.82, 2.24) is 15.2 Å². The molecule has 132 valence electrons. The Balaban J connectivity index is 1.50. The summed E-state index contributed by atoms with van der Waals surface area (Å²) in [4.78, 5) is 18.8. The molecule has 1 aliphatic heterocycles. The Morgan fingerprint density at radius 2 is 2.24 bits per heavy atom. The fourth-order valence-electron chi connectivity index (χ4n) is 3.43. The molecule has 0 spiro atoms. The third-order valence-corrected chi connectivity index (χ3v) is 4.66. The van der Waals surface area contributed by atoms with Crippen molar-refractivity contribution in [2.75, 3.05) is 25.4 Å². The van der Waals surface area contributed by atoms with Crippen molar-refractivity contribution in [2.24, 2.45) is 5.92 Å². The average Bonchev–Trinajstić information content (AvgIpc) is 2.60. The summed E-state index contributed by atoms with van der Waals surface area (Å²) >= 11 is 0. The van der Waals surface area contributed by atoms with Crippen LogP contribution in [0.1, 0.15) is 34.5 Å². The molecule has 3 rings (SSSR count). The number of amides is 1. The van der Waals surface area contributed by atoms with Gasteiger partial charge < -0.3 is 11.1 Å². The number of carbonyl (C=O) groups excluding carboxylic acids is 1. The van der Waals surface area contributed by atoms with Gasteiger partial charge in [-0.15, -0.1) is 0 Å². The van der Waals surface area contributed by atoms with Gasteiger partial charge in [0.2, 0.25) is 0 Å². The zero-order chi connectivity index (χ0) is 17.6. The fourth-order valence-corrected chi connectivity index (χ4v) is 3.43. The number of nitrogens with two attached hydrogens (primary N) is 1. The number of anilines is 1. The molecule has 1 aromatic heterocycles. The lowest BCUT2D eigenvalue weighted by atomic mass is 9.97. The number of carbonyl (C=O) groups is 1. The second-order valence-corrected chi connectivity index (χ2v) is 6.92. The quantitative estimate of drug-likeness (QED) is 0.879. The van der Waals surface area contributed by atoms with Crippen molar-refractivity contribution in [2.45, 2.75) is 26.3 Å². The first-order valence-electron chi connectivity index (χ1n) is 8.88. The summed E-state index contributed by atoms with van der Waals surface area (Å²) in [6, 6.07) is 12.0. The number of nitrogens with zero attached hydrogens (tertiary/aromatic N) is 2. The second kappa shape index (κ2) is 8.12. The third kappa shape index (κ3) is 5.03. The lowest BCUT2D eigenvalue weighted by Crippen LogP contribution is -2.40. The smallest absolute Gasteiger partial charge is 0.269 e. The molecule has 25 heavy (non-hydrogen) atoms. The normalized spacial score (nSPS) is 18.0. The summed E-state index contributed by atoms with van der Waals surface area (Å²) in [6.07, 6.45) is 3.88. The van der Waals surface area contributed by atoms with E-state index in [1.807, 2.05) is 0 Å². The van der Waals surface area contributed by atoms with Crippen molar-refractivity contribution < 1.29 is 4.79 Å². The number of pyridine rings is 1. The van der Waals surface area contributed by atoms with Gasteiger partial charge in [-0.25, -0.2) is 0 Å². The highest BCUT2D eigenvalue weighted by Crippen LogP contribution is 2.18. The van der Waals surface area contributed by atoms with E-state index in [2.05, 4.69) is 46.4 Å². The minimum atomic E-state index is -0.150. The zero-order valence-corrected chi connectivity index (χ0v) is 14.7. The molecule has 1 aromatic carbocycles. The van der Waals surface area contributed by atoms with Crippen molar-refractivity contribution in [3.05, 3.63) is 59.4 Å². The van der Waals surface area contributed by atoms with Crippen LogP contribution in [0.2, 0.25) is 0 Å². The molecule has 1 fully saturated rings. The van der Waals surface area contributed by atoms with Gasteiger partial charge in [0.1, 0.15) is 5.69 Å². The van der Waals surface area contributed by atoms with Crippen molar-refractivity contribution in [1.29, 1.82) is 0 Å². The topological polar surface area (TPSA) is 71.2 Å². The van der Waals surface area contributed by atoms with E-state index < -0.39 is 0 Å².